The van der Waals surface area contributed by atoms with E-state index in [1.807, 2.05) is 32.8 Å². The Morgan fingerprint density at radius 1 is 1.50 bits per heavy atom. The van der Waals surface area contributed by atoms with E-state index in [-0.39, 0.29) is 0 Å². The van der Waals surface area contributed by atoms with E-state index in [2.05, 4.69) is 11.3 Å². The van der Waals surface area contributed by atoms with Crippen molar-refractivity contribution in [2.24, 2.45) is 0 Å². The molecule has 0 atom stereocenters. The number of allylic oxidation sites excluding steroid dienone is 1. The summed E-state index contributed by atoms with van der Waals surface area (Å²) in [6.45, 7) is 9.23. The van der Waals surface area contributed by atoms with Crippen molar-refractivity contribution >= 4 is 6.47 Å². The first-order valence-corrected chi connectivity index (χ1v) is 3.82. The summed E-state index contributed by atoms with van der Waals surface area (Å²) in [5, 5.41) is 0. The van der Waals surface area contributed by atoms with Crippen LogP contribution in [0.2, 0.25) is 0 Å². The lowest BCUT2D eigenvalue weighted by molar-refractivity contribution is -0.128. The molecule has 72 valence electrons. The van der Waals surface area contributed by atoms with Gasteiger partial charge in [-0.2, -0.15) is 0 Å². The highest BCUT2D eigenvalue weighted by Crippen LogP contribution is 1.73. The van der Waals surface area contributed by atoms with E-state index in [0.717, 1.165) is 6.54 Å². The standard InChI is InChI=1S/C5H11NO2.C4H8/c1-6(2)3-4-8-5-7;1-4(2)3/h5H,3-4H2,1-2H3;1H2,2-3H3. The lowest BCUT2D eigenvalue weighted by Crippen LogP contribution is -2.17. The SMILES string of the molecule is C=C(C)C.CN(C)CCOC=O. The zero-order chi connectivity index (χ0) is 9.98. The van der Waals surface area contributed by atoms with Crippen molar-refractivity contribution in [2.75, 3.05) is 27.2 Å². The Balaban J connectivity index is 0. The van der Waals surface area contributed by atoms with Crippen LogP contribution in [0.25, 0.3) is 0 Å². The van der Waals surface area contributed by atoms with Gasteiger partial charge in [0, 0.05) is 6.54 Å². The highest BCUT2D eigenvalue weighted by Gasteiger charge is 1.86. The van der Waals surface area contributed by atoms with Gasteiger partial charge in [-0.1, -0.05) is 5.57 Å². The van der Waals surface area contributed by atoms with Crippen LogP contribution < -0.4 is 0 Å². The van der Waals surface area contributed by atoms with Crippen LogP contribution in [-0.4, -0.2) is 38.6 Å². The van der Waals surface area contributed by atoms with E-state index in [9.17, 15) is 4.79 Å². The van der Waals surface area contributed by atoms with Crippen molar-refractivity contribution in [1.29, 1.82) is 0 Å². The van der Waals surface area contributed by atoms with E-state index < -0.39 is 0 Å². The van der Waals surface area contributed by atoms with Crippen LogP contribution in [0.15, 0.2) is 12.2 Å². The van der Waals surface area contributed by atoms with Crippen molar-refractivity contribution in [3.8, 4) is 0 Å². The second-order valence-corrected chi connectivity index (χ2v) is 2.98. The summed E-state index contributed by atoms with van der Waals surface area (Å²) in [5.41, 5.74) is 1.17. The van der Waals surface area contributed by atoms with Crippen LogP contribution in [0.5, 0.6) is 0 Å². The third kappa shape index (κ3) is 35.2. The first-order chi connectivity index (χ1) is 5.50. The monoisotopic (exact) mass is 173 g/mol. The Hall–Kier alpha value is -0.830. The third-order valence-corrected chi connectivity index (χ3v) is 0.724. The zero-order valence-corrected chi connectivity index (χ0v) is 8.46. The van der Waals surface area contributed by atoms with Gasteiger partial charge in [0.2, 0.25) is 0 Å². The van der Waals surface area contributed by atoms with E-state index in [0.29, 0.717) is 13.1 Å². The summed E-state index contributed by atoms with van der Waals surface area (Å²) in [6.07, 6.45) is 0. The van der Waals surface area contributed by atoms with Crippen LogP contribution in [0, 0.1) is 0 Å². The third-order valence-electron chi connectivity index (χ3n) is 0.724. The van der Waals surface area contributed by atoms with E-state index >= 15 is 0 Å². The molecule has 0 amide bonds. The Labute approximate surface area is 75.0 Å². The second kappa shape index (κ2) is 10.2. The average Bonchev–Trinajstić information content (AvgIpc) is 1.86. The van der Waals surface area contributed by atoms with Gasteiger partial charge in [0.15, 0.2) is 0 Å². The second-order valence-electron chi connectivity index (χ2n) is 2.98. The van der Waals surface area contributed by atoms with Crippen LogP contribution in [0.3, 0.4) is 0 Å². The molecule has 0 aliphatic heterocycles. The molecule has 0 radical (unpaired) electrons. The highest BCUT2D eigenvalue weighted by molar-refractivity contribution is 5.36. The summed E-state index contributed by atoms with van der Waals surface area (Å²) in [5.74, 6) is 0. The molecule has 0 aromatic carbocycles. The summed E-state index contributed by atoms with van der Waals surface area (Å²) in [6, 6.07) is 0. The Morgan fingerprint density at radius 2 is 1.92 bits per heavy atom. The molecule has 0 N–H and O–H groups in total. The van der Waals surface area contributed by atoms with Gasteiger partial charge in [-0.15, -0.1) is 6.58 Å². The molecule has 0 aromatic heterocycles. The van der Waals surface area contributed by atoms with Crippen LogP contribution >= 0.6 is 0 Å². The number of rotatable bonds is 4. The van der Waals surface area contributed by atoms with Crippen molar-refractivity contribution in [3.05, 3.63) is 12.2 Å². The summed E-state index contributed by atoms with van der Waals surface area (Å²) in [7, 11) is 3.85. The molecule has 0 aliphatic rings. The van der Waals surface area contributed by atoms with Gasteiger partial charge in [0.05, 0.1) is 0 Å². The largest absolute Gasteiger partial charge is 0.467 e. The summed E-state index contributed by atoms with van der Waals surface area (Å²) >= 11 is 0. The van der Waals surface area contributed by atoms with Crippen LogP contribution in [0.4, 0.5) is 0 Å². The predicted molar refractivity (Wildman–Crippen MR) is 51.1 cm³/mol. The number of hydrogen-bond donors (Lipinski definition) is 0. The maximum Gasteiger partial charge on any atom is 0.293 e. The number of carbonyl (C=O) groups is 1. The average molecular weight is 173 g/mol. The van der Waals surface area contributed by atoms with Crippen molar-refractivity contribution in [3.63, 3.8) is 0 Å². The smallest absolute Gasteiger partial charge is 0.293 e. The molecule has 0 bridgehead atoms. The summed E-state index contributed by atoms with van der Waals surface area (Å²) < 4.78 is 4.42. The molecule has 0 saturated carbocycles. The quantitative estimate of drug-likeness (QED) is 0.364. The Bertz CT molecular complexity index is 118. The highest BCUT2D eigenvalue weighted by atomic mass is 16.5. The minimum atomic E-state index is 0.462. The van der Waals surface area contributed by atoms with Gasteiger partial charge in [-0.25, -0.2) is 0 Å². The first kappa shape index (κ1) is 13.7. The molecular formula is C9H19NO2. The lowest BCUT2D eigenvalue weighted by atomic mass is 10.4. The summed E-state index contributed by atoms with van der Waals surface area (Å²) in [4.78, 5) is 11.5. The van der Waals surface area contributed by atoms with Gasteiger partial charge in [-0.3, -0.25) is 4.79 Å². The van der Waals surface area contributed by atoms with Crippen LogP contribution in [0.1, 0.15) is 13.8 Å². The Kier molecular flexibility index (Phi) is 11.6. The molecule has 3 nitrogen and oxygen atoms in total. The van der Waals surface area contributed by atoms with E-state index in [1.165, 1.54) is 5.57 Å². The number of hydrogen-bond acceptors (Lipinski definition) is 3. The predicted octanol–water partition coefficient (Wildman–Crippen LogP) is 1.30. The van der Waals surface area contributed by atoms with Gasteiger partial charge < -0.3 is 9.64 Å². The molecule has 12 heavy (non-hydrogen) atoms. The fourth-order valence-electron chi connectivity index (χ4n) is 0.283. The molecule has 0 unspecified atom stereocenters. The van der Waals surface area contributed by atoms with Crippen LogP contribution in [-0.2, 0) is 9.53 Å². The number of likely N-dealkylation sites (N-methyl/N-ethyl adjacent to an activating group) is 1. The van der Waals surface area contributed by atoms with Gasteiger partial charge >= 0.3 is 0 Å². The molecule has 0 rings (SSSR count). The van der Waals surface area contributed by atoms with E-state index in [1.54, 1.807) is 0 Å². The van der Waals surface area contributed by atoms with Gasteiger partial charge in [0.1, 0.15) is 6.61 Å². The number of nitrogens with zero attached hydrogens (tertiary/aromatic N) is 1. The minimum absolute atomic E-state index is 0.462. The molecule has 3 heteroatoms. The van der Waals surface area contributed by atoms with E-state index in [4.69, 9.17) is 0 Å². The maximum absolute atomic E-state index is 9.55. The Morgan fingerprint density at radius 3 is 2.17 bits per heavy atom. The maximum atomic E-state index is 9.55. The minimum Gasteiger partial charge on any atom is -0.467 e. The first-order valence-electron chi connectivity index (χ1n) is 3.82. The fraction of sp³-hybridized carbons (Fsp3) is 0.667. The van der Waals surface area contributed by atoms with Gasteiger partial charge in [0.25, 0.3) is 6.47 Å². The molecule has 0 aliphatic carbocycles. The van der Waals surface area contributed by atoms with Crippen molar-refractivity contribution in [2.45, 2.75) is 13.8 Å². The van der Waals surface area contributed by atoms with Crippen molar-refractivity contribution < 1.29 is 9.53 Å². The molecule has 0 fully saturated rings. The molecular weight excluding hydrogens is 154 g/mol. The fourth-order valence-corrected chi connectivity index (χ4v) is 0.283. The number of ether oxygens (including phenoxy) is 1. The molecule has 0 aromatic rings. The number of carbonyl (C=O) groups excluding carboxylic acids is 1. The molecule has 0 heterocycles. The lowest BCUT2D eigenvalue weighted by Gasteiger charge is -2.06. The normalized spacial score (nSPS) is 8.42. The topological polar surface area (TPSA) is 29.5 Å². The molecule has 0 spiro atoms. The van der Waals surface area contributed by atoms with Crippen molar-refractivity contribution in [1.82, 2.24) is 4.90 Å². The molecule has 0 saturated heterocycles. The van der Waals surface area contributed by atoms with Gasteiger partial charge in [-0.05, 0) is 27.9 Å². The zero-order valence-electron chi connectivity index (χ0n) is 8.46.